The van der Waals surface area contributed by atoms with Gasteiger partial charge in [0.2, 0.25) is 0 Å². The van der Waals surface area contributed by atoms with Gasteiger partial charge in [-0.2, -0.15) is 10.2 Å². The molecule has 0 unspecified atom stereocenters. The van der Waals surface area contributed by atoms with E-state index in [9.17, 15) is 4.79 Å². The number of hydrogen-bond donors (Lipinski definition) is 0. The van der Waals surface area contributed by atoms with E-state index in [1.54, 1.807) is 32.7 Å². The molecule has 0 atom stereocenters. The van der Waals surface area contributed by atoms with Gasteiger partial charge in [0, 0.05) is 19.8 Å². The molecule has 3 rings (SSSR count). The van der Waals surface area contributed by atoms with Gasteiger partial charge in [0.25, 0.3) is 5.56 Å². The first-order chi connectivity index (χ1) is 9.20. The Balaban J connectivity index is 2.12. The van der Waals surface area contributed by atoms with E-state index in [1.165, 1.54) is 0 Å². The molecule has 0 fully saturated rings. The lowest BCUT2D eigenvalue weighted by molar-refractivity contribution is 0.639. The summed E-state index contributed by atoms with van der Waals surface area (Å²) in [5.74, 6) is 0. The lowest BCUT2D eigenvalue weighted by Gasteiger charge is -2.06. The van der Waals surface area contributed by atoms with Crippen LogP contribution in [0.2, 0.25) is 0 Å². The fourth-order valence-electron chi connectivity index (χ4n) is 2.09. The Labute approximate surface area is 109 Å². The molecule has 0 saturated carbocycles. The van der Waals surface area contributed by atoms with E-state index in [0.717, 1.165) is 5.69 Å². The largest absolute Gasteiger partial charge is 0.291 e. The van der Waals surface area contributed by atoms with Crippen LogP contribution >= 0.6 is 0 Å². The maximum absolute atomic E-state index is 12.4. The van der Waals surface area contributed by atoms with Crippen molar-refractivity contribution in [3.63, 3.8) is 0 Å². The van der Waals surface area contributed by atoms with Crippen LogP contribution in [0.25, 0.3) is 11.0 Å². The highest BCUT2D eigenvalue weighted by Crippen LogP contribution is 2.06. The van der Waals surface area contributed by atoms with E-state index in [-0.39, 0.29) is 5.56 Å². The van der Waals surface area contributed by atoms with Crippen molar-refractivity contribution in [2.75, 3.05) is 0 Å². The molecule has 0 radical (unpaired) electrons. The standard InChI is InChI=1S/C12H14N6O/c1-3-18-11-10(6-15-18)13-8-17(12(11)19)7-9-4-5-14-16(9)2/h4-6,8H,3,7H2,1-2H3. The molecule has 0 aromatic carbocycles. The molecule has 3 aromatic heterocycles. The lowest BCUT2D eigenvalue weighted by Crippen LogP contribution is -2.24. The van der Waals surface area contributed by atoms with Crippen molar-refractivity contribution in [2.24, 2.45) is 7.05 Å². The Morgan fingerprint density at radius 2 is 2.16 bits per heavy atom. The lowest BCUT2D eigenvalue weighted by atomic mass is 10.4. The highest BCUT2D eigenvalue weighted by atomic mass is 16.1. The zero-order valence-electron chi connectivity index (χ0n) is 10.8. The molecule has 3 heterocycles. The van der Waals surface area contributed by atoms with Crippen molar-refractivity contribution in [1.29, 1.82) is 0 Å². The molecule has 7 nitrogen and oxygen atoms in total. The van der Waals surface area contributed by atoms with Gasteiger partial charge in [0.05, 0.1) is 24.8 Å². The molecule has 0 aliphatic heterocycles. The fourth-order valence-corrected chi connectivity index (χ4v) is 2.09. The van der Waals surface area contributed by atoms with Crippen LogP contribution in [0.4, 0.5) is 0 Å². The summed E-state index contributed by atoms with van der Waals surface area (Å²) in [5.41, 5.74) is 2.05. The Morgan fingerprint density at radius 1 is 1.32 bits per heavy atom. The zero-order chi connectivity index (χ0) is 13.4. The van der Waals surface area contributed by atoms with Gasteiger partial charge < -0.3 is 0 Å². The minimum absolute atomic E-state index is 0.0782. The maximum atomic E-state index is 12.4. The van der Waals surface area contributed by atoms with E-state index >= 15 is 0 Å². The van der Waals surface area contributed by atoms with Crippen LogP contribution in [-0.4, -0.2) is 29.1 Å². The van der Waals surface area contributed by atoms with Gasteiger partial charge in [-0.25, -0.2) is 4.98 Å². The molecule has 3 aromatic rings. The van der Waals surface area contributed by atoms with Gasteiger partial charge in [-0.15, -0.1) is 0 Å². The average molecular weight is 258 g/mol. The van der Waals surface area contributed by atoms with Crippen LogP contribution in [0.5, 0.6) is 0 Å². The molecule has 0 saturated heterocycles. The molecule has 0 bridgehead atoms. The quantitative estimate of drug-likeness (QED) is 0.681. The Kier molecular flexibility index (Phi) is 2.66. The zero-order valence-corrected chi connectivity index (χ0v) is 10.8. The summed E-state index contributed by atoms with van der Waals surface area (Å²) in [4.78, 5) is 16.7. The first kappa shape index (κ1) is 11.6. The summed E-state index contributed by atoms with van der Waals surface area (Å²) in [6, 6.07) is 1.88. The van der Waals surface area contributed by atoms with Gasteiger partial charge >= 0.3 is 0 Å². The predicted molar refractivity (Wildman–Crippen MR) is 69.8 cm³/mol. The van der Waals surface area contributed by atoms with Gasteiger partial charge in [0.1, 0.15) is 5.52 Å². The number of aromatic nitrogens is 6. The topological polar surface area (TPSA) is 70.5 Å². The monoisotopic (exact) mass is 258 g/mol. The van der Waals surface area contributed by atoms with Crippen LogP contribution in [-0.2, 0) is 20.1 Å². The molecule has 98 valence electrons. The number of hydrogen-bond acceptors (Lipinski definition) is 4. The summed E-state index contributed by atoms with van der Waals surface area (Å²) >= 11 is 0. The number of aryl methyl sites for hydroxylation is 2. The minimum Gasteiger partial charge on any atom is -0.291 e. The molecule has 0 aliphatic rings. The molecule has 19 heavy (non-hydrogen) atoms. The summed E-state index contributed by atoms with van der Waals surface area (Å²) < 4.78 is 4.99. The Hall–Kier alpha value is -2.44. The third-order valence-corrected chi connectivity index (χ3v) is 3.17. The van der Waals surface area contributed by atoms with Crippen LogP contribution in [0.1, 0.15) is 12.6 Å². The third-order valence-electron chi connectivity index (χ3n) is 3.17. The first-order valence-electron chi connectivity index (χ1n) is 6.08. The van der Waals surface area contributed by atoms with Crippen LogP contribution < -0.4 is 5.56 Å². The van der Waals surface area contributed by atoms with Crippen molar-refractivity contribution < 1.29 is 0 Å². The third kappa shape index (κ3) is 1.83. The minimum atomic E-state index is -0.0782. The van der Waals surface area contributed by atoms with E-state index in [2.05, 4.69) is 15.2 Å². The number of fused-ring (bicyclic) bond motifs is 1. The van der Waals surface area contributed by atoms with E-state index in [0.29, 0.717) is 24.1 Å². The van der Waals surface area contributed by atoms with Crippen LogP contribution in [0.3, 0.4) is 0 Å². The second-order valence-electron chi connectivity index (χ2n) is 4.32. The normalized spacial score (nSPS) is 11.3. The average Bonchev–Trinajstić information content (AvgIpc) is 3.00. The Morgan fingerprint density at radius 3 is 2.84 bits per heavy atom. The van der Waals surface area contributed by atoms with Gasteiger partial charge in [-0.05, 0) is 13.0 Å². The SMILES string of the molecule is CCn1ncc2ncn(Cc3ccnn3C)c(=O)c21. The second kappa shape index (κ2) is 4.34. The molecule has 0 N–H and O–H groups in total. The van der Waals surface area contributed by atoms with E-state index in [4.69, 9.17) is 0 Å². The Bertz CT molecular complexity index is 781. The summed E-state index contributed by atoms with van der Waals surface area (Å²) in [7, 11) is 1.85. The summed E-state index contributed by atoms with van der Waals surface area (Å²) in [6.45, 7) is 3.05. The van der Waals surface area contributed by atoms with Crippen LogP contribution in [0.15, 0.2) is 29.6 Å². The van der Waals surface area contributed by atoms with Crippen molar-refractivity contribution in [2.45, 2.75) is 20.0 Å². The summed E-state index contributed by atoms with van der Waals surface area (Å²) in [5, 5.41) is 8.25. The maximum Gasteiger partial charge on any atom is 0.279 e. The smallest absolute Gasteiger partial charge is 0.279 e. The number of rotatable bonds is 3. The molecule has 0 aliphatic carbocycles. The molecule has 7 heteroatoms. The van der Waals surface area contributed by atoms with Crippen molar-refractivity contribution >= 4 is 11.0 Å². The highest BCUT2D eigenvalue weighted by molar-refractivity contribution is 5.72. The van der Waals surface area contributed by atoms with Crippen molar-refractivity contribution in [3.8, 4) is 0 Å². The van der Waals surface area contributed by atoms with E-state index < -0.39 is 0 Å². The van der Waals surface area contributed by atoms with Crippen molar-refractivity contribution in [1.82, 2.24) is 29.1 Å². The molecule has 0 spiro atoms. The van der Waals surface area contributed by atoms with E-state index in [1.807, 2.05) is 20.0 Å². The fraction of sp³-hybridized carbons (Fsp3) is 0.333. The second-order valence-corrected chi connectivity index (χ2v) is 4.32. The van der Waals surface area contributed by atoms with Gasteiger partial charge in [-0.1, -0.05) is 0 Å². The van der Waals surface area contributed by atoms with Gasteiger partial charge in [-0.3, -0.25) is 18.7 Å². The highest BCUT2D eigenvalue weighted by Gasteiger charge is 2.10. The molecular weight excluding hydrogens is 244 g/mol. The number of nitrogens with zero attached hydrogens (tertiary/aromatic N) is 6. The van der Waals surface area contributed by atoms with Crippen LogP contribution in [0, 0.1) is 0 Å². The molecular formula is C12H14N6O. The molecule has 0 amide bonds. The first-order valence-corrected chi connectivity index (χ1v) is 6.08. The van der Waals surface area contributed by atoms with Gasteiger partial charge in [0.15, 0.2) is 5.52 Å². The predicted octanol–water partition coefficient (Wildman–Crippen LogP) is 0.395. The van der Waals surface area contributed by atoms with Crippen molar-refractivity contribution in [3.05, 3.63) is 40.8 Å². The summed E-state index contributed by atoms with van der Waals surface area (Å²) in [6.07, 6.45) is 4.89.